The molecule has 1 N–H and O–H groups in total. The van der Waals surface area contributed by atoms with Crippen molar-refractivity contribution in [3.63, 3.8) is 0 Å². The summed E-state index contributed by atoms with van der Waals surface area (Å²) in [6, 6.07) is 7.04. The topological polar surface area (TPSA) is 24.5 Å². The molecule has 3 rings (SSSR count). The number of ether oxygens (including phenoxy) is 1. The van der Waals surface area contributed by atoms with Crippen LogP contribution in [0.3, 0.4) is 0 Å². The predicted molar refractivity (Wildman–Crippen MR) is 92.6 cm³/mol. The quantitative estimate of drug-likeness (QED) is 0.813. The molecule has 116 valence electrons. The van der Waals surface area contributed by atoms with Gasteiger partial charge in [0.15, 0.2) is 0 Å². The summed E-state index contributed by atoms with van der Waals surface area (Å²) >= 11 is 7.41. The van der Waals surface area contributed by atoms with Crippen molar-refractivity contribution >= 4 is 31.9 Å². The molecule has 0 amide bonds. The maximum absolute atomic E-state index is 5.58. The van der Waals surface area contributed by atoms with E-state index in [4.69, 9.17) is 4.74 Å². The van der Waals surface area contributed by atoms with Gasteiger partial charge in [-0.05, 0) is 42.5 Å². The molecule has 1 aromatic rings. The summed E-state index contributed by atoms with van der Waals surface area (Å²) in [5, 5.41) is 3.46. The zero-order chi connectivity index (χ0) is 14.7. The standard InChI is InChI=1S/C16H22Br2N2O/c17-13-1-2-15(18)14(11-13)16(12-3-9-21-10-4-12)20-7-5-19-6-8-20/h1-2,11-12,16,19H,3-10H2/t16-/m0/s1. The molecule has 3 nitrogen and oxygen atoms in total. The Hall–Kier alpha value is 0.0600. The van der Waals surface area contributed by atoms with E-state index in [1.54, 1.807) is 0 Å². The molecule has 0 saturated carbocycles. The third kappa shape index (κ3) is 3.88. The molecule has 2 heterocycles. The molecule has 0 radical (unpaired) electrons. The fourth-order valence-corrected chi connectivity index (χ4v) is 4.34. The highest BCUT2D eigenvalue weighted by Gasteiger charge is 2.32. The van der Waals surface area contributed by atoms with Gasteiger partial charge < -0.3 is 10.1 Å². The molecule has 0 unspecified atom stereocenters. The molecule has 2 aliphatic heterocycles. The van der Waals surface area contributed by atoms with Gasteiger partial charge in [0.05, 0.1) is 0 Å². The van der Waals surface area contributed by atoms with Gasteiger partial charge in [-0.1, -0.05) is 31.9 Å². The summed E-state index contributed by atoms with van der Waals surface area (Å²) in [4.78, 5) is 2.65. The Bertz CT molecular complexity index is 453. The Kier molecular flexibility index (Phi) is 5.73. The van der Waals surface area contributed by atoms with Crippen molar-refractivity contribution < 1.29 is 4.74 Å². The number of nitrogens with one attached hydrogen (secondary N) is 1. The Morgan fingerprint density at radius 2 is 1.86 bits per heavy atom. The van der Waals surface area contributed by atoms with Gasteiger partial charge >= 0.3 is 0 Å². The predicted octanol–water partition coefficient (Wildman–Crippen LogP) is 3.58. The van der Waals surface area contributed by atoms with Crippen LogP contribution in [0.15, 0.2) is 27.1 Å². The van der Waals surface area contributed by atoms with Gasteiger partial charge in [0, 0.05) is 54.4 Å². The second-order valence-corrected chi connectivity index (χ2v) is 7.62. The molecule has 0 spiro atoms. The van der Waals surface area contributed by atoms with Crippen molar-refractivity contribution in [1.82, 2.24) is 10.2 Å². The van der Waals surface area contributed by atoms with Crippen molar-refractivity contribution in [3.8, 4) is 0 Å². The number of benzene rings is 1. The second-order valence-electron chi connectivity index (χ2n) is 5.85. The zero-order valence-corrected chi connectivity index (χ0v) is 15.3. The van der Waals surface area contributed by atoms with Crippen LogP contribution in [-0.4, -0.2) is 44.3 Å². The van der Waals surface area contributed by atoms with Gasteiger partial charge in [-0.15, -0.1) is 0 Å². The zero-order valence-electron chi connectivity index (χ0n) is 12.2. The van der Waals surface area contributed by atoms with E-state index in [0.29, 0.717) is 12.0 Å². The second kappa shape index (κ2) is 7.55. The van der Waals surface area contributed by atoms with Crippen molar-refractivity contribution in [3.05, 3.63) is 32.7 Å². The fourth-order valence-electron chi connectivity index (χ4n) is 3.48. The van der Waals surface area contributed by atoms with Gasteiger partial charge in [0.25, 0.3) is 0 Å². The van der Waals surface area contributed by atoms with E-state index in [1.807, 2.05) is 0 Å². The van der Waals surface area contributed by atoms with Crippen LogP contribution in [0.2, 0.25) is 0 Å². The van der Waals surface area contributed by atoms with E-state index >= 15 is 0 Å². The minimum absolute atomic E-state index is 0.489. The van der Waals surface area contributed by atoms with Crippen molar-refractivity contribution in [2.45, 2.75) is 18.9 Å². The van der Waals surface area contributed by atoms with Gasteiger partial charge in [0.1, 0.15) is 0 Å². The molecule has 0 aliphatic carbocycles. The van der Waals surface area contributed by atoms with E-state index < -0.39 is 0 Å². The average molecular weight is 418 g/mol. The Morgan fingerprint density at radius 1 is 1.14 bits per heavy atom. The third-order valence-electron chi connectivity index (χ3n) is 4.53. The van der Waals surface area contributed by atoms with Gasteiger partial charge in [-0.25, -0.2) is 0 Å². The maximum atomic E-state index is 5.58. The highest BCUT2D eigenvalue weighted by molar-refractivity contribution is 9.11. The summed E-state index contributed by atoms with van der Waals surface area (Å²) in [6.07, 6.45) is 2.32. The Labute approximate surface area is 143 Å². The number of rotatable bonds is 3. The molecular weight excluding hydrogens is 396 g/mol. The minimum Gasteiger partial charge on any atom is -0.381 e. The lowest BCUT2D eigenvalue weighted by molar-refractivity contribution is 0.0211. The lowest BCUT2D eigenvalue weighted by Gasteiger charge is -2.41. The van der Waals surface area contributed by atoms with Gasteiger partial charge in [-0.2, -0.15) is 0 Å². The highest BCUT2D eigenvalue weighted by atomic mass is 79.9. The van der Waals surface area contributed by atoms with E-state index in [-0.39, 0.29) is 0 Å². The number of halogens is 2. The lowest BCUT2D eigenvalue weighted by Crippen LogP contribution is -2.47. The fraction of sp³-hybridized carbons (Fsp3) is 0.625. The van der Waals surface area contributed by atoms with Crippen LogP contribution in [0.4, 0.5) is 0 Å². The molecule has 5 heteroatoms. The minimum atomic E-state index is 0.489. The summed E-state index contributed by atoms with van der Waals surface area (Å²) in [7, 11) is 0. The summed E-state index contributed by atoms with van der Waals surface area (Å²) < 4.78 is 7.96. The molecular formula is C16H22Br2N2O. The van der Waals surface area contributed by atoms with Crippen LogP contribution in [0.25, 0.3) is 0 Å². The van der Waals surface area contributed by atoms with Crippen LogP contribution in [0.5, 0.6) is 0 Å². The van der Waals surface area contributed by atoms with E-state index in [2.05, 4.69) is 60.3 Å². The first-order valence-corrected chi connectivity index (χ1v) is 9.32. The monoisotopic (exact) mass is 416 g/mol. The third-order valence-corrected chi connectivity index (χ3v) is 5.75. The largest absolute Gasteiger partial charge is 0.381 e. The summed E-state index contributed by atoms with van der Waals surface area (Å²) in [6.45, 7) is 6.23. The molecule has 0 aromatic heterocycles. The average Bonchev–Trinajstić information content (AvgIpc) is 2.53. The molecule has 0 bridgehead atoms. The number of nitrogens with zero attached hydrogens (tertiary/aromatic N) is 1. The number of piperazine rings is 1. The smallest absolute Gasteiger partial charge is 0.0469 e. The molecule has 2 fully saturated rings. The van der Waals surface area contributed by atoms with Crippen LogP contribution in [0, 0.1) is 5.92 Å². The normalized spacial score (nSPS) is 23.1. The van der Waals surface area contributed by atoms with Crippen molar-refractivity contribution in [1.29, 1.82) is 0 Å². The van der Waals surface area contributed by atoms with Crippen LogP contribution >= 0.6 is 31.9 Å². The Morgan fingerprint density at radius 3 is 2.57 bits per heavy atom. The first-order valence-electron chi connectivity index (χ1n) is 7.73. The lowest BCUT2D eigenvalue weighted by atomic mass is 9.85. The van der Waals surface area contributed by atoms with E-state index in [9.17, 15) is 0 Å². The molecule has 2 saturated heterocycles. The summed E-state index contributed by atoms with van der Waals surface area (Å²) in [5.41, 5.74) is 1.41. The first-order chi connectivity index (χ1) is 10.3. The molecule has 1 atom stereocenters. The molecule has 21 heavy (non-hydrogen) atoms. The van der Waals surface area contributed by atoms with Gasteiger partial charge in [0.2, 0.25) is 0 Å². The summed E-state index contributed by atoms with van der Waals surface area (Å²) in [5.74, 6) is 0.683. The number of hydrogen-bond donors (Lipinski definition) is 1. The maximum Gasteiger partial charge on any atom is 0.0469 e. The van der Waals surface area contributed by atoms with Gasteiger partial charge in [-0.3, -0.25) is 4.90 Å². The molecule has 1 aromatic carbocycles. The van der Waals surface area contributed by atoms with E-state index in [1.165, 1.54) is 10.0 Å². The van der Waals surface area contributed by atoms with Crippen molar-refractivity contribution in [2.24, 2.45) is 5.92 Å². The van der Waals surface area contributed by atoms with E-state index in [0.717, 1.165) is 56.7 Å². The van der Waals surface area contributed by atoms with Crippen molar-refractivity contribution in [2.75, 3.05) is 39.4 Å². The highest BCUT2D eigenvalue weighted by Crippen LogP contribution is 2.39. The molecule has 2 aliphatic rings. The van der Waals surface area contributed by atoms with Crippen LogP contribution in [0.1, 0.15) is 24.4 Å². The number of hydrogen-bond acceptors (Lipinski definition) is 3. The SMILES string of the molecule is Brc1ccc(Br)c([C@H](C2CCOCC2)N2CCNCC2)c1. The Balaban J connectivity index is 1.91. The van der Waals surface area contributed by atoms with Crippen LogP contribution < -0.4 is 5.32 Å². The van der Waals surface area contributed by atoms with Crippen LogP contribution in [-0.2, 0) is 4.74 Å². The first kappa shape index (κ1) is 15.9.